The number of nitrogens with zero attached hydrogens (tertiary/aromatic N) is 2. The fraction of sp³-hybridized carbons (Fsp3) is 0.261. The number of benzene rings is 2. The Morgan fingerprint density at radius 1 is 1.13 bits per heavy atom. The molecule has 4 aromatic rings. The van der Waals surface area contributed by atoms with E-state index in [1.807, 2.05) is 31.3 Å². The van der Waals surface area contributed by atoms with Crippen LogP contribution in [0.5, 0.6) is 11.5 Å². The molecule has 0 saturated carbocycles. The number of H-pyrrole nitrogens is 1. The SMILES string of the molecule is CCc1nc2cc(OC)c(OC)cc2c(=O)n1CCNC(=O)c1ccc2[nH]ccc2c1. The molecule has 2 N–H and O–H groups in total. The van der Waals surface area contributed by atoms with E-state index in [-0.39, 0.29) is 11.5 Å². The van der Waals surface area contributed by atoms with Crippen LogP contribution >= 0.6 is 0 Å². The highest BCUT2D eigenvalue weighted by Crippen LogP contribution is 2.30. The zero-order chi connectivity index (χ0) is 22.0. The van der Waals surface area contributed by atoms with Crippen molar-refractivity contribution in [1.29, 1.82) is 0 Å². The lowest BCUT2D eigenvalue weighted by Crippen LogP contribution is -2.33. The van der Waals surface area contributed by atoms with Crippen molar-refractivity contribution in [2.24, 2.45) is 0 Å². The summed E-state index contributed by atoms with van der Waals surface area (Å²) in [5, 5.41) is 4.31. The first kappa shape index (κ1) is 20.5. The van der Waals surface area contributed by atoms with Crippen LogP contribution in [-0.2, 0) is 13.0 Å². The van der Waals surface area contributed by atoms with Crippen molar-refractivity contribution in [3.8, 4) is 11.5 Å². The van der Waals surface area contributed by atoms with E-state index in [0.717, 1.165) is 10.9 Å². The van der Waals surface area contributed by atoms with Gasteiger partial charge in [0.25, 0.3) is 11.5 Å². The van der Waals surface area contributed by atoms with Crippen LogP contribution in [0.15, 0.2) is 47.4 Å². The summed E-state index contributed by atoms with van der Waals surface area (Å²) in [6.45, 7) is 2.56. The smallest absolute Gasteiger partial charge is 0.261 e. The second kappa shape index (κ2) is 8.51. The first-order chi connectivity index (χ1) is 15.0. The molecular formula is C23H24N4O4. The lowest BCUT2D eigenvalue weighted by molar-refractivity contribution is 0.0952. The van der Waals surface area contributed by atoms with E-state index < -0.39 is 0 Å². The van der Waals surface area contributed by atoms with Crippen LogP contribution in [0.2, 0.25) is 0 Å². The Labute approximate surface area is 178 Å². The number of aromatic amines is 1. The Kier molecular flexibility index (Phi) is 5.62. The summed E-state index contributed by atoms with van der Waals surface area (Å²) in [5.74, 6) is 1.45. The molecule has 0 radical (unpaired) electrons. The minimum absolute atomic E-state index is 0.175. The zero-order valence-electron chi connectivity index (χ0n) is 17.7. The molecule has 2 aromatic heterocycles. The van der Waals surface area contributed by atoms with Gasteiger partial charge < -0.3 is 19.8 Å². The molecule has 8 nitrogen and oxygen atoms in total. The van der Waals surface area contributed by atoms with Crippen molar-refractivity contribution in [3.05, 3.63) is 64.3 Å². The number of ether oxygens (including phenoxy) is 2. The van der Waals surface area contributed by atoms with Gasteiger partial charge in [-0.2, -0.15) is 0 Å². The van der Waals surface area contributed by atoms with Crippen molar-refractivity contribution in [2.75, 3.05) is 20.8 Å². The molecule has 8 heteroatoms. The third kappa shape index (κ3) is 3.84. The Bertz CT molecular complexity index is 1320. The van der Waals surface area contributed by atoms with Crippen molar-refractivity contribution >= 4 is 27.7 Å². The highest BCUT2D eigenvalue weighted by atomic mass is 16.5. The minimum Gasteiger partial charge on any atom is -0.493 e. The zero-order valence-corrected chi connectivity index (χ0v) is 17.7. The molecule has 0 aliphatic rings. The number of carbonyl (C=O) groups excluding carboxylic acids is 1. The Morgan fingerprint density at radius 2 is 1.90 bits per heavy atom. The number of aryl methyl sites for hydroxylation is 1. The molecule has 0 bridgehead atoms. The van der Waals surface area contributed by atoms with Crippen LogP contribution in [0.1, 0.15) is 23.1 Å². The van der Waals surface area contributed by atoms with E-state index in [1.54, 1.807) is 29.9 Å². The minimum atomic E-state index is -0.186. The van der Waals surface area contributed by atoms with E-state index in [4.69, 9.17) is 9.47 Å². The molecule has 2 heterocycles. The average Bonchev–Trinajstić information content (AvgIpc) is 3.27. The summed E-state index contributed by atoms with van der Waals surface area (Å²) in [5.41, 5.74) is 1.93. The van der Waals surface area contributed by atoms with Crippen molar-refractivity contribution < 1.29 is 14.3 Å². The monoisotopic (exact) mass is 420 g/mol. The highest BCUT2D eigenvalue weighted by Gasteiger charge is 2.15. The number of methoxy groups -OCH3 is 2. The largest absolute Gasteiger partial charge is 0.493 e. The number of carbonyl (C=O) groups is 1. The Morgan fingerprint density at radius 3 is 2.65 bits per heavy atom. The van der Waals surface area contributed by atoms with Gasteiger partial charge in [-0.05, 0) is 30.3 Å². The maximum absolute atomic E-state index is 13.1. The first-order valence-electron chi connectivity index (χ1n) is 10.1. The number of rotatable bonds is 7. The van der Waals surface area contributed by atoms with E-state index in [9.17, 15) is 9.59 Å². The van der Waals surface area contributed by atoms with Gasteiger partial charge in [-0.3, -0.25) is 14.2 Å². The molecule has 4 rings (SSSR count). The first-order valence-corrected chi connectivity index (χ1v) is 10.1. The van der Waals surface area contributed by atoms with Gasteiger partial charge in [0.2, 0.25) is 0 Å². The third-order valence-corrected chi connectivity index (χ3v) is 5.29. The van der Waals surface area contributed by atoms with Crippen molar-refractivity contribution in [3.63, 3.8) is 0 Å². The van der Waals surface area contributed by atoms with Crippen LogP contribution in [-0.4, -0.2) is 41.2 Å². The summed E-state index contributed by atoms with van der Waals surface area (Å²) in [6, 6.07) is 10.8. The topological polar surface area (TPSA) is 98.2 Å². The van der Waals surface area contributed by atoms with Crippen LogP contribution in [0, 0.1) is 0 Å². The van der Waals surface area contributed by atoms with E-state index in [2.05, 4.69) is 15.3 Å². The van der Waals surface area contributed by atoms with Crippen LogP contribution in [0.4, 0.5) is 0 Å². The molecule has 160 valence electrons. The molecule has 0 fully saturated rings. The lowest BCUT2D eigenvalue weighted by atomic mass is 10.1. The van der Waals surface area contributed by atoms with Crippen molar-refractivity contribution in [1.82, 2.24) is 19.9 Å². The molecule has 0 aliphatic heterocycles. The fourth-order valence-corrected chi connectivity index (χ4v) is 3.67. The predicted octanol–water partition coefficient (Wildman–Crippen LogP) is 2.89. The van der Waals surface area contributed by atoms with Gasteiger partial charge >= 0.3 is 0 Å². The van der Waals surface area contributed by atoms with E-state index in [1.165, 1.54) is 7.11 Å². The predicted molar refractivity (Wildman–Crippen MR) is 119 cm³/mol. The van der Waals surface area contributed by atoms with Crippen LogP contribution in [0.25, 0.3) is 21.8 Å². The number of hydrogen-bond acceptors (Lipinski definition) is 5. The van der Waals surface area contributed by atoms with Crippen LogP contribution in [0.3, 0.4) is 0 Å². The van der Waals surface area contributed by atoms with Crippen LogP contribution < -0.4 is 20.3 Å². The van der Waals surface area contributed by atoms with Gasteiger partial charge in [-0.1, -0.05) is 6.92 Å². The average molecular weight is 420 g/mol. The number of hydrogen-bond donors (Lipinski definition) is 2. The Balaban J connectivity index is 1.57. The molecule has 0 spiro atoms. The molecule has 0 aliphatic carbocycles. The van der Waals surface area contributed by atoms with Gasteiger partial charge in [-0.25, -0.2) is 4.98 Å². The van der Waals surface area contributed by atoms with Gasteiger partial charge in [0.05, 0.1) is 25.1 Å². The molecule has 0 atom stereocenters. The number of nitrogens with one attached hydrogen (secondary N) is 2. The summed E-state index contributed by atoms with van der Waals surface area (Å²) >= 11 is 0. The maximum atomic E-state index is 13.1. The molecule has 31 heavy (non-hydrogen) atoms. The van der Waals surface area contributed by atoms with Crippen molar-refractivity contribution in [2.45, 2.75) is 19.9 Å². The van der Waals surface area contributed by atoms with Gasteiger partial charge in [0.1, 0.15) is 5.82 Å². The molecular weight excluding hydrogens is 396 g/mol. The number of fused-ring (bicyclic) bond motifs is 2. The molecule has 2 aromatic carbocycles. The number of amides is 1. The maximum Gasteiger partial charge on any atom is 0.261 e. The highest BCUT2D eigenvalue weighted by molar-refractivity contribution is 5.98. The second-order valence-electron chi connectivity index (χ2n) is 7.10. The number of aromatic nitrogens is 3. The van der Waals surface area contributed by atoms with Gasteiger partial charge in [0.15, 0.2) is 11.5 Å². The third-order valence-electron chi connectivity index (χ3n) is 5.29. The molecule has 0 unspecified atom stereocenters. The van der Waals surface area contributed by atoms with Gasteiger partial charge in [0, 0.05) is 48.2 Å². The Hall–Kier alpha value is -3.81. The van der Waals surface area contributed by atoms with E-state index >= 15 is 0 Å². The standard InChI is InChI=1S/C23H24N4O4/c1-4-21-26-18-13-20(31-3)19(30-2)12-16(18)23(29)27(21)10-9-25-22(28)15-5-6-17-14(11-15)7-8-24-17/h5-8,11-13,24H,4,9-10H2,1-3H3,(H,25,28). The quantitative estimate of drug-likeness (QED) is 0.479. The summed E-state index contributed by atoms with van der Waals surface area (Å²) in [6.07, 6.45) is 2.42. The van der Waals surface area contributed by atoms with Gasteiger partial charge in [-0.15, -0.1) is 0 Å². The summed E-state index contributed by atoms with van der Waals surface area (Å²) in [7, 11) is 3.07. The fourth-order valence-electron chi connectivity index (χ4n) is 3.67. The molecule has 0 saturated heterocycles. The summed E-state index contributed by atoms with van der Waals surface area (Å²) < 4.78 is 12.2. The lowest BCUT2D eigenvalue weighted by Gasteiger charge is -2.15. The second-order valence-corrected chi connectivity index (χ2v) is 7.10. The normalized spacial score (nSPS) is 11.1. The summed E-state index contributed by atoms with van der Waals surface area (Å²) in [4.78, 5) is 33.4. The van der Waals surface area contributed by atoms with E-state index in [0.29, 0.717) is 53.3 Å². The molecule has 1 amide bonds.